The van der Waals surface area contributed by atoms with Gasteiger partial charge in [-0.1, -0.05) is 41.3 Å². The third-order valence-electron chi connectivity index (χ3n) is 1.78. The van der Waals surface area contributed by atoms with Crippen LogP contribution in [0.15, 0.2) is 0 Å². The Bertz CT molecular complexity index is 63.9. The van der Waals surface area contributed by atoms with E-state index < -0.39 is 7.38 Å². The second-order valence-corrected chi connectivity index (χ2v) is 11.0. The second kappa shape index (κ2) is 3.06. The summed E-state index contributed by atoms with van der Waals surface area (Å²) in [5.74, 6) is 0. The van der Waals surface area contributed by atoms with Crippen molar-refractivity contribution in [2.75, 3.05) is 0 Å². The average Bonchev–Trinajstić information content (AvgIpc) is 1.25. The van der Waals surface area contributed by atoms with Gasteiger partial charge in [-0.15, -0.1) is 0 Å². The van der Waals surface area contributed by atoms with Gasteiger partial charge in [-0.25, -0.2) is 0 Å². The zero-order chi connectivity index (χ0) is 7.00. The zero-order valence-corrected chi connectivity index (χ0v) is 8.13. The van der Waals surface area contributed by atoms with Gasteiger partial charge in [-0.2, -0.15) is 11.1 Å². The van der Waals surface area contributed by atoms with E-state index in [2.05, 4.69) is 33.9 Å². The van der Waals surface area contributed by atoms with E-state index in [1.54, 1.807) is 0 Å². The molecular formula is C7H19ClSi. The molecule has 0 aromatic rings. The van der Waals surface area contributed by atoms with Crippen molar-refractivity contribution in [3.05, 3.63) is 0 Å². The third-order valence-corrected chi connectivity index (χ3v) is 7.05. The molecular weight excluding hydrogens is 148 g/mol. The summed E-state index contributed by atoms with van der Waals surface area (Å²) in [4.78, 5) is 0. The highest BCUT2D eigenvalue weighted by molar-refractivity contribution is 7.20. The van der Waals surface area contributed by atoms with Crippen molar-refractivity contribution >= 4 is 18.5 Å². The highest BCUT2D eigenvalue weighted by atomic mass is 35.6. The van der Waals surface area contributed by atoms with Gasteiger partial charge in [0.15, 0.2) is 7.38 Å². The molecule has 9 heavy (non-hydrogen) atoms. The van der Waals surface area contributed by atoms with Crippen LogP contribution < -0.4 is 0 Å². The lowest BCUT2D eigenvalue weighted by molar-refractivity contribution is 0.735. The molecule has 0 rings (SSSR count). The lowest BCUT2D eigenvalue weighted by atomic mass is 10.2. The summed E-state index contributed by atoms with van der Waals surface area (Å²) in [6, 6.07) is 0. The van der Waals surface area contributed by atoms with Crippen LogP contribution in [0.2, 0.25) is 18.1 Å². The van der Waals surface area contributed by atoms with Gasteiger partial charge >= 0.3 is 0 Å². The van der Waals surface area contributed by atoms with Crippen molar-refractivity contribution in [2.24, 2.45) is 0 Å². The maximum Gasteiger partial charge on any atom is 0.155 e. The summed E-state index contributed by atoms with van der Waals surface area (Å²) >= 11 is 6.15. The summed E-state index contributed by atoms with van der Waals surface area (Å²) in [5, 5.41) is 0.342. The number of hydrogen-bond acceptors (Lipinski definition) is 0. The van der Waals surface area contributed by atoms with Crippen molar-refractivity contribution in [3.8, 4) is 0 Å². The standard InChI is InChI=1S/C6H15ClSi.CH4/c1-6(2,3)8(4,5)7;/h1-5H3;1H4. The Balaban J connectivity index is 0. The normalized spacial score (nSPS) is 12.7. The van der Waals surface area contributed by atoms with E-state index >= 15 is 0 Å². The largest absolute Gasteiger partial charge is 0.167 e. The van der Waals surface area contributed by atoms with Gasteiger partial charge in [0.2, 0.25) is 0 Å². The maximum atomic E-state index is 6.15. The third kappa shape index (κ3) is 3.99. The second-order valence-electron chi connectivity index (χ2n) is 3.72. The first-order valence-electron chi connectivity index (χ1n) is 2.94. The molecule has 0 unspecified atom stereocenters. The van der Waals surface area contributed by atoms with Gasteiger partial charge in [-0.05, 0) is 5.04 Å². The average molecular weight is 167 g/mol. The van der Waals surface area contributed by atoms with Gasteiger partial charge in [0.25, 0.3) is 0 Å². The van der Waals surface area contributed by atoms with Crippen LogP contribution in [0.1, 0.15) is 28.2 Å². The highest BCUT2D eigenvalue weighted by Gasteiger charge is 2.32. The number of rotatable bonds is 0. The first-order chi connectivity index (χ1) is 3.25. The summed E-state index contributed by atoms with van der Waals surface area (Å²) in [6.07, 6.45) is 0. The quantitative estimate of drug-likeness (QED) is 0.379. The molecule has 2 heteroatoms. The van der Waals surface area contributed by atoms with Crippen LogP contribution in [0.25, 0.3) is 0 Å². The fourth-order valence-electron chi connectivity index (χ4n) is 0. The molecule has 0 fully saturated rings. The molecule has 0 aliphatic heterocycles. The molecule has 0 aliphatic carbocycles. The van der Waals surface area contributed by atoms with E-state index in [-0.39, 0.29) is 7.43 Å². The molecule has 0 amide bonds. The minimum Gasteiger partial charge on any atom is -0.167 e. The van der Waals surface area contributed by atoms with Crippen LogP contribution in [-0.2, 0) is 0 Å². The highest BCUT2D eigenvalue weighted by Crippen LogP contribution is 2.38. The van der Waals surface area contributed by atoms with Crippen molar-refractivity contribution in [3.63, 3.8) is 0 Å². The van der Waals surface area contributed by atoms with Crippen LogP contribution in [0.5, 0.6) is 0 Å². The Hall–Kier alpha value is 0.507. The Morgan fingerprint density at radius 3 is 1.22 bits per heavy atom. The summed E-state index contributed by atoms with van der Waals surface area (Å²) < 4.78 is 0. The minimum atomic E-state index is -1.39. The summed E-state index contributed by atoms with van der Waals surface area (Å²) in [5.41, 5.74) is 0. The predicted molar refractivity (Wildman–Crippen MR) is 49.8 cm³/mol. The van der Waals surface area contributed by atoms with Crippen molar-refractivity contribution in [1.82, 2.24) is 0 Å². The van der Waals surface area contributed by atoms with E-state index in [4.69, 9.17) is 11.1 Å². The molecule has 0 bridgehead atoms. The molecule has 58 valence electrons. The SMILES string of the molecule is C.CC(C)(C)[Si](C)(C)Cl. The van der Waals surface area contributed by atoms with E-state index in [0.717, 1.165) is 0 Å². The molecule has 0 atom stereocenters. The molecule has 0 spiro atoms. The molecule has 0 saturated carbocycles. The first-order valence-corrected chi connectivity index (χ1v) is 6.95. The van der Waals surface area contributed by atoms with Gasteiger partial charge in [0.1, 0.15) is 0 Å². The molecule has 0 nitrogen and oxygen atoms in total. The van der Waals surface area contributed by atoms with E-state index in [1.807, 2.05) is 0 Å². The van der Waals surface area contributed by atoms with Gasteiger partial charge in [0.05, 0.1) is 0 Å². The molecule has 0 heterocycles. The monoisotopic (exact) mass is 166 g/mol. The molecule has 0 aromatic carbocycles. The van der Waals surface area contributed by atoms with Crippen LogP contribution in [0, 0.1) is 0 Å². The van der Waals surface area contributed by atoms with Crippen LogP contribution >= 0.6 is 11.1 Å². The maximum absolute atomic E-state index is 6.15. The molecule has 0 aliphatic rings. The minimum absolute atomic E-state index is 0. The predicted octanol–water partition coefficient (Wildman–Crippen LogP) is 3.87. The van der Waals surface area contributed by atoms with Crippen molar-refractivity contribution in [2.45, 2.75) is 46.3 Å². The van der Waals surface area contributed by atoms with Crippen LogP contribution in [0.3, 0.4) is 0 Å². The topological polar surface area (TPSA) is 0 Å². The van der Waals surface area contributed by atoms with E-state index in [9.17, 15) is 0 Å². The van der Waals surface area contributed by atoms with Crippen LogP contribution in [-0.4, -0.2) is 7.38 Å². The Labute approximate surface area is 65.3 Å². The smallest absolute Gasteiger partial charge is 0.155 e. The first kappa shape index (κ1) is 12.2. The molecule has 0 radical (unpaired) electrons. The van der Waals surface area contributed by atoms with E-state index in [0.29, 0.717) is 5.04 Å². The molecule has 0 N–H and O–H groups in total. The fourth-order valence-corrected chi connectivity index (χ4v) is 0. The summed E-state index contributed by atoms with van der Waals surface area (Å²) in [6.45, 7) is 11.0. The fraction of sp³-hybridized carbons (Fsp3) is 1.00. The van der Waals surface area contributed by atoms with Crippen LogP contribution in [0.4, 0.5) is 0 Å². The molecule has 0 saturated heterocycles. The molecule has 0 aromatic heterocycles. The lowest BCUT2D eigenvalue weighted by Crippen LogP contribution is -2.29. The van der Waals surface area contributed by atoms with Gasteiger partial charge < -0.3 is 0 Å². The van der Waals surface area contributed by atoms with E-state index in [1.165, 1.54) is 0 Å². The Kier molecular flexibility index (Phi) is 4.16. The zero-order valence-electron chi connectivity index (χ0n) is 6.38. The number of halogens is 1. The van der Waals surface area contributed by atoms with Gasteiger partial charge in [0, 0.05) is 0 Å². The number of hydrogen-bond donors (Lipinski definition) is 0. The Morgan fingerprint density at radius 2 is 1.22 bits per heavy atom. The summed E-state index contributed by atoms with van der Waals surface area (Å²) in [7, 11) is -1.39. The Morgan fingerprint density at radius 1 is 1.11 bits per heavy atom. The van der Waals surface area contributed by atoms with Gasteiger partial charge in [-0.3, -0.25) is 0 Å². The lowest BCUT2D eigenvalue weighted by Gasteiger charge is -2.29. The van der Waals surface area contributed by atoms with Crippen molar-refractivity contribution < 1.29 is 0 Å². The van der Waals surface area contributed by atoms with Crippen molar-refractivity contribution in [1.29, 1.82) is 0 Å².